The maximum Gasteiger partial charge on any atom is 0.186 e. The van der Waals surface area contributed by atoms with E-state index in [2.05, 4.69) is 0 Å². The third kappa shape index (κ3) is 3.35. The van der Waals surface area contributed by atoms with Crippen LogP contribution in [0, 0.1) is 0 Å². The molecule has 1 aliphatic rings. The number of ether oxygens (including phenoxy) is 3. The number of rotatable bonds is 5. The van der Waals surface area contributed by atoms with Gasteiger partial charge in [0.2, 0.25) is 0 Å². The van der Waals surface area contributed by atoms with E-state index in [9.17, 15) is 15.3 Å². The average Bonchev–Trinajstić information content (AvgIpc) is 2.49. The molecule has 0 aromatic heterocycles. The van der Waals surface area contributed by atoms with E-state index in [0.29, 0.717) is 0 Å². The molecule has 1 aromatic rings. The number of aliphatic hydroxyl groups excluding tert-OH is 3. The van der Waals surface area contributed by atoms with Crippen LogP contribution in [0.1, 0.15) is 5.56 Å². The summed E-state index contributed by atoms with van der Waals surface area (Å²) in [6, 6.07) is 9.43. The third-order valence-electron chi connectivity index (χ3n) is 3.34. The average molecular weight is 284 g/mol. The van der Waals surface area contributed by atoms with Crippen molar-refractivity contribution >= 4 is 0 Å². The Hall–Kier alpha value is -1.02. The Kier molecular flexibility index (Phi) is 5.47. The predicted molar refractivity (Wildman–Crippen MR) is 69.8 cm³/mol. The van der Waals surface area contributed by atoms with Crippen molar-refractivity contribution < 1.29 is 29.5 Å². The molecular formula is C14H20O6. The highest BCUT2D eigenvalue weighted by atomic mass is 16.7. The lowest BCUT2D eigenvalue weighted by atomic mass is 9.99. The van der Waals surface area contributed by atoms with Crippen LogP contribution in [-0.4, -0.2) is 59.7 Å². The molecule has 1 aromatic carbocycles. The SMILES string of the molecule is COC1OC(CO)C(OCc2ccccc2)C(O)C1O. The summed E-state index contributed by atoms with van der Waals surface area (Å²) < 4.78 is 15.9. The predicted octanol–water partition coefficient (Wildman–Crippen LogP) is -0.343. The molecule has 1 saturated heterocycles. The zero-order chi connectivity index (χ0) is 14.5. The molecule has 6 heteroatoms. The molecule has 5 unspecified atom stereocenters. The molecule has 0 bridgehead atoms. The second kappa shape index (κ2) is 7.12. The van der Waals surface area contributed by atoms with E-state index >= 15 is 0 Å². The fraction of sp³-hybridized carbons (Fsp3) is 0.571. The van der Waals surface area contributed by atoms with Gasteiger partial charge in [-0.2, -0.15) is 0 Å². The van der Waals surface area contributed by atoms with Crippen molar-refractivity contribution in [3.8, 4) is 0 Å². The second-order valence-corrected chi connectivity index (χ2v) is 4.70. The van der Waals surface area contributed by atoms with Crippen molar-refractivity contribution in [3.63, 3.8) is 0 Å². The number of benzene rings is 1. The van der Waals surface area contributed by atoms with Crippen LogP contribution in [0.3, 0.4) is 0 Å². The van der Waals surface area contributed by atoms with Gasteiger partial charge in [-0.25, -0.2) is 0 Å². The van der Waals surface area contributed by atoms with Gasteiger partial charge in [-0.1, -0.05) is 30.3 Å². The fourth-order valence-electron chi connectivity index (χ4n) is 2.22. The summed E-state index contributed by atoms with van der Waals surface area (Å²) in [7, 11) is 1.36. The third-order valence-corrected chi connectivity index (χ3v) is 3.34. The summed E-state index contributed by atoms with van der Waals surface area (Å²) in [5.74, 6) is 0. The van der Waals surface area contributed by atoms with Crippen molar-refractivity contribution in [2.24, 2.45) is 0 Å². The Morgan fingerprint density at radius 3 is 2.45 bits per heavy atom. The van der Waals surface area contributed by atoms with Gasteiger partial charge in [0, 0.05) is 7.11 Å². The van der Waals surface area contributed by atoms with Crippen LogP contribution >= 0.6 is 0 Å². The lowest BCUT2D eigenvalue weighted by Gasteiger charge is -2.41. The molecule has 0 radical (unpaired) electrons. The van der Waals surface area contributed by atoms with Crippen molar-refractivity contribution in [1.82, 2.24) is 0 Å². The van der Waals surface area contributed by atoms with Gasteiger partial charge in [0.05, 0.1) is 13.2 Å². The maximum atomic E-state index is 10.1. The summed E-state index contributed by atoms with van der Waals surface area (Å²) in [6.07, 6.45) is -4.94. The summed E-state index contributed by atoms with van der Waals surface area (Å²) in [5.41, 5.74) is 0.930. The highest BCUT2D eigenvalue weighted by molar-refractivity contribution is 5.13. The first kappa shape index (κ1) is 15.4. The second-order valence-electron chi connectivity index (χ2n) is 4.70. The summed E-state index contributed by atoms with van der Waals surface area (Å²) >= 11 is 0. The van der Waals surface area contributed by atoms with Gasteiger partial charge in [0.25, 0.3) is 0 Å². The Labute approximate surface area is 117 Å². The quantitative estimate of drug-likeness (QED) is 0.685. The minimum absolute atomic E-state index is 0.257. The minimum Gasteiger partial charge on any atom is -0.394 e. The van der Waals surface area contributed by atoms with Crippen molar-refractivity contribution in [1.29, 1.82) is 0 Å². The molecule has 5 atom stereocenters. The highest BCUT2D eigenvalue weighted by Crippen LogP contribution is 2.24. The smallest absolute Gasteiger partial charge is 0.186 e. The van der Waals surface area contributed by atoms with Crippen LogP contribution in [0.4, 0.5) is 0 Å². The summed E-state index contributed by atoms with van der Waals surface area (Å²) in [6.45, 7) is -0.0735. The van der Waals surface area contributed by atoms with Gasteiger partial charge in [-0.15, -0.1) is 0 Å². The Morgan fingerprint density at radius 2 is 1.85 bits per heavy atom. The molecule has 1 fully saturated rings. The number of aliphatic hydroxyl groups is 3. The minimum atomic E-state index is -1.22. The molecule has 1 heterocycles. The standard InChI is InChI=1S/C14H20O6/c1-18-14-12(17)11(16)13(10(7-15)20-14)19-8-9-5-3-2-4-6-9/h2-6,10-17H,7-8H2,1H3. The van der Waals surface area contributed by atoms with E-state index in [-0.39, 0.29) is 13.2 Å². The van der Waals surface area contributed by atoms with Gasteiger partial charge in [-0.3, -0.25) is 0 Å². The lowest BCUT2D eigenvalue weighted by Crippen LogP contribution is -2.59. The molecule has 20 heavy (non-hydrogen) atoms. The Morgan fingerprint density at radius 1 is 1.15 bits per heavy atom. The van der Waals surface area contributed by atoms with E-state index in [0.717, 1.165) is 5.56 Å². The monoisotopic (exact) mass is 284 g/mol. The highest BCUT2D eigenvalue weighted by Gasteiger charge is 2.45. The van der Waals surface area contributed by atoms with Gasteiger partial charge < -0.3 is 29.5 Å². The van der Waals surface area contributed by atoms with E-state index in [1.165, 1.54) is 7.11 Å². The first-order valence-electron chi connectivity index (χ1n) is 6.48. The normalized spacial score (nSPS) is 34.1. The van der Waals surface area contributed by atoms with Gasteiger partial charge >= 0.3 is 0 Å². The van der Waals surface area contributed by atoms with Crippen LogP contribution < -0.4 is 0 Å². The molecule has 0 spiro atoms. The first-order chi connectivity index (χ1) is 9.67. The van der Waals surface area contributed by atoms with Crippen LogP contribution in [0.25, 0.3) is 0 Å². The molecule has 112 valence electrons. The van der Waals surface area contributed by atoms with Crippen LogP contribution in [0.5, 0.6) is 0 Å². The number of hydrogen-bond donors (Lipinski definition) is 3. The molecule has 0 amide bonds. The molecular weight excluding hydrogens is 264 g/mol. The van der Waals surface area contributed by atoms with Crippen molar-refractivity contribution in [2.75, 3.05) is 13.7 Å². The van der Waals surface area contributed by atoms with E-state index in [4.69, 9.17) is 14.2 Å². The van der Waals surface area contributed by atoms with Gasteiger partial charge in [0.15, 0.2) is 6.29 Å². The van der Waals surface area contributed by atoms with E-state index < -0.39 is 30.7 Å². The first-order valence-corrected chi connectivity index (χ1v) is 6.48. The molecule has 1 aliphatic heterocycles. The van der Waals surface area contributed by atoms with Crippen LogP contribution in [0.15, 0.2) is 30.3 Å². The van der Waals surface area contributed by atoms with Crippen LogP contribution in [-0.2, 0) is 20.8 Å². The Bertz CT molecular complexity index is 396. The van der Waals surface area contributed by atoms with Gasteiger partial charge in [0.1, 0.15) is 24.4 Å². The lowest BCUT2D eigenvalue weighted by molar-refractivity contribution is -0.302. The van der Waals surface area contributed by atoms with Crippen molar-refractivity contribution in [2.45, 2.75) is 37.3 Å². The zero-order valence-corrected chi connectivity index (χ0v) is 11.3. The molecule has 6 nitrogen and oxygen atoms in total. The molecule has 0 saturated carbocycles. The molecule has 0 aliphatic carbocycles. The van der Waals surface area contributed by atoms with Crippen LogP contribution in [0.2, 0.25) is 0 Å². The summed E-state index contributed by atoms with van der Waals surface area (Å²) in [5, 5.41) is 29.3. The van der Waals surface area contributed by atoms with E-state index in [1.54, 1.807) is 0 Å². The fourth-order valence-corrected chi connectivity index (χ4v) is 2.22. The number of hydrogen-bond acceptors (Lipinski definition) is 6. The maximum absolute atomic E-state index is 10.1. The van der Waals surface area contributed by atoms with Crippen molar-refractivity contribution in [3.05, 3.63) is 35.9 Å². The van der Waals surface area contributed by atoms with Gasteiger partial charge in [-0.05, 0) is 5.56 Å². The largest absolute Gasteiger partial charge is 0.394 e. The topological polar surface area (TPSA) is 88.4 Å². The number of methoxy groups -OCH3 is 1. The Balaban J connectivity index is 2.01. The van der Waals surface area contributed by atoms with E-state index in [1.807, 2.05) is 30.3 Å². The zero-order valence-electron chi connectivity index (χ0n) is 11.3. The molecule has 2 rings (SSSR count). The summed E-state index contributed by atoms with van der Waals surface area (Å²) in [4.78, 5) is 0. The molecule has 3 N–H and O–H groups in total.